The zero-order valence-corrected chi connectivity index (χ0v) is 18.5. The van der Waals surface area contributed by atoms with Crippen LogP contribution in [-0.4, -0.2) is 20.9 Å². The van der Waals surface area contributed by atoms with Crippen LogP contribution in [0, 0.1) is 6.92 Å². The highest BCUT2D eigenvalue weighted by atomic mass is 32.2. The van der Waals surface area contributed by atoms with E-state index in [0.717, 1.165) is 35.2 Å². The van der Waals surface area contributed by atoms with Crippen LogP contribution in [0.2, 0.25) is 0 Å². The molecular weight excluding hydrogens is 408 g/mol. The number of fused-ring (bicyclic) bond motifs is 1. The summed E-state index contributed by atoms with van der Waals surface area (Å²) in [6.07, 6.45) is 1.53. The number of hydrogen-bond donors (Lipinski definition) is 1. The average molecular weight is 435 g/mol. The highest BCUT2D eigenvalue weighted by Gasteiger charge is 2.26. The van der Waals surface area contributed by atoms with E-state index in [9.17, 15) is 13.2 Å². The molecule has 0 spiro atoms. The van der Waals surface area contributed by atoms with Gasteiger partial charge in [-0.25, -0.2) is 13.1 Å². The van der Waals surface area contributed by atoms with E-state index >= 15 is 0 Å². The Labute approximate surface area is 183 Å². The third kappa shape index (κ3) is 4.55. The molecule has 0 saturated carbocycles. The van der Waals surface area contributed by atoms with E-state index in [-0.39, 0.29) is 16.8 Å². The molecule has 1 amide bonds. The van der Waals surface area contributed by atoms with Crippen molar-refractivity contribution in [3.63, 3.8) is 0 Å². The number of nitrogens with one attached hydrogen (secondary N) is 1. The lowest BCUT2D eigenvalue weighted by Crippen LogP contribution is -2.35. The number of sulfonamides is 1. The molecule has 160 valence electrons. The van der Waals surface area contributed by atoms with E-state index in [4.69, 9.17) is 0 Å². The van der Waals surface area contributed by atoms with E-state index in [1.165, 1.54) is 0 Å². The van der Waals surface area contributed by atoms with Crippen molar-refractivity contribution < 1.29 is 13.2 Å². The van der Waals surface area contributed by atoms with Crippen LogP contribution < -0.4 is 9.62 Å². The van der Waals surface area contributed by atoms with Crippen LogP contribution >= 0.6 is 0 Å². The Morgan fingerprint density at radius 2 is 1.71 bits per heavy atom. The molecule has 0 fully saturated rings. The maximum Gasteiger partial charge on any atom is 0.258 e. The van der Waals surface area contributed by atoms with Crippen molar-refractivity contribution in [1.29, 1.82) is 0 Å². The Bertz CT molecular complexity index is 1190. The van der Waals surface area contributed by atoms with E-state index in [1.54, 1.807) is 23.1 Å². The van der Waals surface area contributed by atoms with E-state index < -0.39 is 10.0 Å². The number of benzene rings is 3. The maximum atomic E-state index is 13.1. The largest absolute Gasteiger partial charge is 0.308 e. The summed E-state index contributed by atoms with van der Waals surface area (Å²) in [5.41, 5.74) is 4.30. The summed E-state index contributed by atoms with van der Waals surface area (Å²) in [4.78, 5) is 15.0. The fraction of sp³-hybridized carbons (Fsp3) is 0.240. The lowest BCUT2D eigenvalue weighted by molar-refractivity contribution is 0.0985. The van der Waals surface area contributed by atoms with Crippen LogP contribution in [0.25, 0.3) is 0 Å². The van der Waals surface area contributed by atoms with E-state index in [2.05, 4.69) is 4.72 Å². The molecule has 4 rings (SSSR count). The fourth-order valence-corrected chi connectivity index (χ4v) is 5.20. The molecule has 0 aliphatic carbocycles. The topological polar surface area (TPSA) is 66.5 Å². The molecule has 1 unspecified atom stereocenters. The van der Waals surface area contributed by atoms with E-state index in [1.807, 2.05) is 68.4 Å². The maximum absolute atomic E-state index is 13.1. The van der Waals surface area contributed by atoms with Crippen LogP contribution in [0.15, 0.2) is 77.7 Å². The van der Waals surface area contributed by atoms with Gasteiger partial charge in [-0.2, -0.15) is 0 Å². The Morgan fingerprint density at radius 1 is 1.00 bits per heavy atom. The van der Waals surface area contributed by atoms with Gasteiger partial charge in [0.1, 0.15) is 0 Å². The molecule has 31 heavy (non-hydrogen) atoms. The highest BCUT2D eigenvalue weighted by Crippen LogP contribution is 2.31. The number of rotatable bonds is 5. The summed E-state index contributed by atoms with van der Waals surface area (Å²) in [7, 11) is -3.69. The van der Waals surface area contributed by atoms with Gasteiger partial charge in [0.25, 0.3) is 5.91 Å². The summed E-state index contributed by atoms with van der Waals surface area (Å²) in [5.74, 6) is -0.0626. The van der Waals surface area contributed by atoms with Crippen LogP contribution in [-0.2, 0) is 16.4 Å². The summed E-state index contributed by atoms with van der Waals surface area (Å²) in [6.45, 7) is 4.43. The van der Waals surface area contributed by atoms with Gasteiger partial charge in [0.2, 0.25) is 10.0 Å². The lowest BCUT2D eigenvalue weighted by atomic mass is 10.0. The van der Waals surface area contributed by atoms with Gasteiger partial charge in [-0.3, -0.25) is 4.79 Å². The minimum Gasteiger partial charge on any atom is -0.308 e. The third-order valence-corrected chi connectivity index (χ3v) is 7.19. The van der Waals surface area contributed by atoms with Crippen LogP contribution in [0.4, 0.5) is 5.69 Å². The Morgan fingerprint density at radius 3 is 2.42 bits per heavy atom. The molecule has 6 heteroatoms. The summed E-state index contributed by atoms with van der Waals surface area (Å²) in [5, 5.41) is 0. The van der Waals surface area contributed by atoms with Gasteiger partial charge in [0, 0.05) is 23.8 Å². The second-order valence-electron chi connectivity index (χ2n) is 7.97. The minimum absolute atomic E-state index is 0.0626. The zero-order chi connectivity index (χ0) is 22.0. The highest BCUT2D eigenvalue weighted by molar-refractivity contribution is 7.89. The van der Waals surface area contributed by atoms with Crippen LogP contribution in [0.1, 0.15) is 46.4 Å². The predicted octanol–water partition coefficient (Wildman–Crippen LogP) is 4.63. The molecule has 1 atom stereocenters. The molecule has 3 aromatic carbocycles. The van der Waals surface area contributed by atoms with Crippen molar-refractivity contribution in [1.82, 2.24) is 4.72 Å². The number of nitrogens with zero attached hydrogens (tertiary/aromatic N) is 1. The molecule has 1 aliphatic heterocycles. The van der Waals surface area contributed by atoms with Crippen molar-refractivity contribution in [3.8, 4) is 0 Å². The van der Waals surface area contributed by atoms with Gasteiger partial charge < -0.3 is 4.90 Å². The first-order chi connectivity index (χ1) is 14.8. The van der Waals surface area contributed by atoms with Gasteiger partial charge in [-0.05, 0) is 68.1 Å². The van der Waals surface area contributed by atoms with Gasteiger partial charge in [-0.15, -0.1) is 0 Å². The Kier molecular flexibility index (Phi) is 5.94. The third-order valence-electron chi connectivity index (χ3n) is 5.66. The second-order valence-corrected chi connectivity index (χ2v) is 9.68. The van der Waals surface area contributed by atoms with Crippen molar-refractivity contribution in [3.05, 3.63) is 95.1 Å². The molecule has 5 nitrogen and oxygen atoms in total. The first-order valence-electron chi connectivity index (χ1n) is 10.4. The Hall–Kier alpha value is -2.96. The number of anilines is 1. The summed E-state index contributed by atoms with van der Waals surface area (Å²) in [6, 6.07) is 21.7. The number of aryl methyl sites for hydroxylation is 2. The SMILES string of the molecule is Cc1ccc(C(=O)N2CCCc3cc(S(=O)(=O)NC(C)c4ccccc4)ccc32)cc1. The van der Waals surface area contributed by atoms with Gasteiger partial charge in [0.05, 0.1) is 4.90 Å². The van der Waals surface area contributed by atoms with Crippen LogP contribution in [0.5, 0.6) is 0 Å². The number of carbonyl (C=O) groups is 1. The smallest absolute Gasteiger partial charge is 0.258 e. The molecule has 1 aliphatic rings. The van der Waals surface area contributed by atoms with Crippen molar-refractivity contribution in [2.75, 3.05) is 11.4 Å². The first-order valence-corrected chi connectivity index (χ1v) is 11.9. The molecule has 0 radical (unpaired) electrons. The Balaban J connectivity index is 1.59. The monoisotopic (exact) mass is 434 g/mol. The van der Waals surface area contributed by atoms with Crippen molar-refractivity contribution >= 4 is 21.6 Å². The standard InChI is InChI=1S/C25H26N2O3S/c1-18-10-12-21(13-11-18)25(28)27-16-6-9-22-17-23(14-15-24(22)27)31(29,30)26-19(2)20-7-4-3-5-8-20/h3-5,7-8,10-15,17,19,26H,6,9,16H2,1-2H3. The molecule has 1 N–H and O–H groups in total. The molecule has 0 saturated heterocycles. The fourth-order valence-electron chi connectivity index (χ4n) is 3.91. The van der Waals surface area contributed by atoms with Gasteiger partial charge in [-0.1, -0.05) is 48.0 Å². The van der Waals surface area contributed by atoms with Gasteiger partial charge >= 0.3 is 0 Å². The summed E-state index contributed by atoms with van der Waals surface area (Å²) < 4.78 is 28.7. The zero-order valence-electron chi connectivity index (χ0n) is 17.7. The molecule has 1 heterocycles. The normalized spacial score (nSPS) is 14.7. The lowest BCUT2D eigenvalue weighted by Gasteiger charge is -2.30. The molecule has 3 aromatic rings. The van der Waals surface area contributed by atoms with Crippen LogP contribution in [0.3, 0.4) is 0 Å². The van der Waals surface area contributed by atoms with Gasteiger partial charge in [0.15, 0.2) is 0 Å². The van der Waals surface area contributed by atoms with E-state index in [0.29, 0.717) is 12.1 Å². The number of amides is 1. The quantitative estimate of drug-likeness (QED) is 0.637. The summed E-state index contributed by atoms with van der Waals surface area (Å²) >= 11 is 0. The number of carbonyl (C=O) groups excluding carboxylic acids is 1. The second kappa shape index (κ2) is 8.65. The average Bonchev–Trinajstić information content (AvgIpc) is 2.78. The van der Waals surface area contributed by atoms with Crippen molar-refractivity contribution in [2.24, 2.45) is 0 Å². The molecule has 0 aromatic heterocycles. The first kappa shape index (κ1) is 21.3. The van der Waals surface area contributed by atoms with Crippen molar-refractivity contribution in [2.45, 2.75) is 37.6 Å². The minimum atomic E-state index is -3.69. The predicted molar refractivity (Wildman–Crippen MR) is 123 cm³/mol. The molecule has 0 bridgehead atoms. The number of hydrogen-bond acceptors (Lipinski definition) is 3. The molecular formula is C25H26N2O3S.